The summed E-state index contributed by atoms with van der Waals surface area (Å²) in [5.74, 6) is 0. The molecule has 0 fully saturated rings. The first-order valence-corrected chi connectivity index (χ1v) is 7.06. The van der Waals surface area contributed by atoms with Crippen LogP contribution in [0.5, 0.6) is 0 Å². The quantitative estimate of drug-likeness (QED) is 0.865. The number of aryl methyl sites for hydroxylation is 1. The van der Waals surface area contributed by atoms with Crippen molar-refractivity contribution in [1.82, 2.24) is 9.62 Å². The summed E-state index contributed by atoms with van der Waals surface area (Å²) < 4.78 is 25.2. The van der Waals surface area contributed by atoms with Crippen molar-refractivity contribution in [3.8, 4) is 0 Å². The third-order valence-corrected chi connectivity index (χ3v) is 4.48. The van der Waals surface area contributed by atoms with Gasteiger partial charge < -0.3 is 5.32 Å². The van der Waals surface area contributed by atoms with Crippen molar-refractivity contribution in [2.75, 3.05) is 20.6 Å². The Morgan fingerprint density at radius 2 is 1.94 bits per heavy atom. The summed E-state index contributed by atoms with van der Waals surface area (Å²) in [7, 11) is -0.254. The van der Waals surface area contributed by atoms with E-state index in [-0.39, 0.29) is 0 Å². The van der Waals surface area contributed by atoms with Crippen molar-refractivity contribution in [1.29, 1.82) is 0 Å². The molecule has 0 spiro atoms. The zero-order valence-electron chi connectivity index (χ0n) is 10.8. The van der Waals surface area contributed by atoms with E-state index in [1.807, 2.05) is 19.9 Å². The maximum atomic E-state index is 12.0. The SMILES string of the molecule is CCNCc1cc(S(=O)(=O)N(C)C)ccc1C. The predicted octanol–water partition coefficient (Wildman–Crippen LogP) is 1.35. The highest BCUT2D eigenvalue weighted by Crippen LogP contribution is 2.17. The standard InChI is InChI=1S/C12H20N2O2S/c1-5-13-9-11-8-12(7-6-10(11)2)17(15,16)14(3)4/h6-8,13H,5,9H2,1-4H3. The minimum absolute atomic E-state index is 0.348. The maximum Gasteiger partial charge on any atom is 0.242 e. The monoisotopic (exact) mass is 256 g/mol. The summed E-state index contributed by atoms with van der Waals surface area (Å²) in [4.78, 5) is 0.348. The van der Waals surface area contributed by atoms with E-state index in [9.17, 15) is 8.42 Å². The summed E-state index contributed by atoms with van der Waals surface area (Å²) in [6.07, 6.45) is 0. The molecule has 0 bridgehead atoms. The molecule has 1 aromatic rings. The van der Waals surface area contributed by atoms with E-state index in [4.69, 9.17) is 0 Å². The minimum Gasteiger partial charge on any atom is -0.313 e. The van der Waals surface area contributed by atoms with Crippen molar-refractivity contribution < 1.29 is 8.42 Å². The number of hydrogen-bond acceptors (Lipinski definition) is 3. The van der Waals surface area contributed by atoms with Crippen LogP contribution in [0.4, 0.5) is 0 Å². The van der Waals surface area contributed by atoms with Crippen LogP contribution in [0.3, 0.4) is 0 Å². The molecule has 17 heavy (non-hydrogen) atoms. The summed E-state index contributed by atoms with van der Waals surface area (Å²) >= 11 is 0. The fourth-order valence-corrected chi connectivity index (χ4v) is 2.42. The van der Waals surface area contributed by atoms with Gasteiger partial charge in [-0.25, -0.2) is 12.7 Å². The van der Waals surface area contributed by atoms with Crippen molar-refractivity contribution in [3.05, 3.63) is 29.3 Å². The van der Waals surface area contributed by atoms with Crippen LogP contribution in [0, 0.1) is 6.92 Å². The van der Waals surface area contributed by atoms with E-state index in [1.165, 1.54) is 4.31 Å². The zero-order chi connectivity index (χ0) is 13.1. The van der Waals surface area contributed by atoms with Crippen LogP contribution in [0.25, 0.3) is 0 Å². The minimum atomic E-state index is -3.34. The summed E-state index contributed by atoms with van der Waals surface area (Å²) in [6, 6.07) is 5.25. The van der Waals surface area contributed by atoms with E-state index in [0.29, 0.717) is 11.4 Å². The molecule has 1 rings (SSSR count). The lowest BCUT2D eigenvalue weighted by molar-refractivity contribution is 0.520. The van der Waals surface area contributed by atoms with Gasteiger partial charge in [-0.2, -0.15) is 0 Å². The molecular weight excluding hydrogens is 236 g/mol. The first-order chi connectivity index (χ1) is 7.89. The molecule has 5 heteroatoms. The van der Waals surface area contributed by atoms with E-state index in [1.54, 1.807) is 26.2 Å². The van der Waals surface area contributed by atoms with Gasteiger partial charge >= 0.3 is 0 Å². The number of sulfonamides is 1. The van der Waals surface area contributed by atoms with Gasteiger partial charge in [-0.05, 0) is 36.7 Å². The first-order valence-electron chi connectivity index (χ1n) is 5.62. The highest BCUT2D eigenvalue weighted by atomic mass is 32.2. The second-order valence-electron chi connectivity index (χ2n) is 4.16. The molecule has 0 saturated carbocycles. The highest BCUT2D eigenvalue weighted by molar-refractivity contribution is 7.89. The average Bonchev–Trinajstić information content (AvgIpc) is 2.27. The Kier molecular flexibility index (Phi) is 4.68. The van der Waals surface area contributed by atoms with Crippen molar-refractivity contribution in [2.24, 2.45) is 0 Å². The van der Waals surface area contributed by atoms with Crippen LogP contribution in [0.2, 0.25) is 0 Å². The van der Waals surface area contributed by atoms with Crippen LogP contribution in [-0.2, 0) is 16.6 Å². The Balaban J connectivity index is 3.13. The van der Waals surface area contributed by atoms with E-state index >= 15 is 0 Å². The van der Waals surface area contributed by atoms with E-state index < -0.39 is 10.0 Å². The van der Waals surface area contributed by atoms with Gasteiger partial charge in [-0.3, -0.25) is 0 Å². The van der Waals surface area contributed by atoms with Gasteiger partial charge in [-0.1, -0.05) is 13.0 Å². The molecule has 0 saturated heterocycles. The summed E-state index contributed by atoms with van der Waals surface area (Å²) in [6.45, 7) is 5.57. The van der Waals surface area contributed by atoms with Crippen LogP contribution in [0.15, 0.2) is 23.1 Å². The average molecular weight is 256 g/mol. The Bertz CT molecular complexity index is 481. The van der Waals surface area contributed by atoms with Crippen molar-refractivity contribution in [2.45, 2.75) is 25.3 Å². The normalized spacial score (nSPS) is 12.1. The molecule has 0 aliphatic carbocycles. The van der Waals surface area contributed by atoms with Crippen molar-refractivity contribution in [3.63, 3.8) is 0 Å². The second kappa shape index (κ2) is 5.62. The molecule has 0 radical (unpaired) electrons. The van der Waals surface area contributed by atoms with E-state index in [0.717, 1.165) is 17.7 Å². The molecule has 0 unspecified atom stereocenters. The van der Waals surface area contributed by atoms with Gasteiger partial charge in [0.2, 0.25) is 10.0 Å². The van der Waals surface area contributed by atoms with Gasteiger partial charge in [0.1, 0.15) is 0 Å². The van der Waals surface area contributed by atoms with Gasteiger partial charge in [-0.15, -0.1) is 0 Å². The zero-order valence-corrected chi connectivity index (χ0v) is 11.6. The van der Waals surface area contributed by atoms with Gasteiger partial charge in [0.15, 0.2) is 0 Å². The first kappa shape index (κ1) is 14.2. The molecular formula is C12H20N2O2S. The third kappa shape index (κ3) is 3.28. The summed E-state index contributed by atoms with van der Waals surface area (Å²) in [5, 5.41) is 3.20. The van der Waals surface area contributed by atoms with Crippen LogP contribution < -0.4 is 5.32 Å². The Morgan fingerprint density at radius 3 is 2.47 bits per heavy atom. The highest BCUT2D eigenvalue weighted by Gasteiger charge is 2.17. The molecule has 4 nitrogen and oxygen atoms in total. The lowest BCUT2D eigenvalue weighted by Gasteiger charge is -2.14. The molecule has 1 aromatic carbocycles. The van der Waals surface area contributed by atoms with Crippen LogP contribution in [-0.4, -0.2) is 33.4 Å². The second-order valence-corrected chi connectivity index (χ2v) is 6.31. The van der Waals surface area contributed by atoms with Gasteiger partial charge in [0.25, 0.3) is 0 Å². The number of nitrogens with one attached hydrogen (secondary N) is 1. The van der Waals surface area contributed by atoms with Crippen LogP contribution >= 0.6 is 0 Å². The molecule has 0 atom stereocenters. The maximum absolute atomic E-state index is 12.0. The lowest BCUT2D eigenvalue weighted by atomic mass is 10.1. The van der Waals surface area contributed by atoms with Crippen LogP contribution in [0.1, 0.15) is 18.1 Å². The van der Waals surface area contributed by atoms with E-state index in [2.05, 4.69) is 5.32 Å². The fraction of sp³-hybridized carbons (Fsp3) is 0.500. The molecule has 96 valence electrons. The summed E-state index contributed by atoms with van der Waals surface area (Å²) in [5.41, 5.74) is 2.12. The number of nitrogens with zero attached hydrogens (tertiary/aromatic N) is 1. The lowest BCUT2D eigenvalue weighted by Crippen LogP contribution is -2.22. The third-order valence-electron chi connectivity index (χ3n) is 2.66. The number of rotatable bonds is 5. The Labute approximate surface area is 104 Å². The predicted molar refractivity (Wildman–Crippen MR) is 69.4 cm³/mol. The Morgan fingerprint density at radius 1 is 1.29 bits per heavy atom. The number of benzene rings is 1. The van der Waals surface area contributed by atoms with Crippen molar-refractivity contribution >= 4 is 10.0 Å². The molecule has 1 N–H and O–H groups in total. The molecule has 0 aliphatic rings. The fourth-order valence-electron chi connectivity index (χ4n) is 1.47. The molecule has 0 heterocycles. The Hall–Kier alpha value is -0.910. The topological polar surface area (TPSA) is 49.4 Å². The van der Waals surface area contributed by atoms with Gasteiger partial charge in [0.05, 0.1) is 4.90 Å². The van der Waals surface area contributed by atoms with Gasteiger partial charge in [0, 0.05) is 20.6 Å². The molecule has 0 amide bonds. The largest absolute Gasteiger partial charge is 0.313 e. The number of hydrogen-bond donors (Lipinski definition) is 1. The molecule has 0 aliphatic heterocycles. The molecule has 0 aromatic heterocycles. The smallest absolute Gasteiger partial charge is 0.242 e.